The fraction of sp³-hybridized carbons (Fsp3) is 0.294. The van der Waals surface area contributed by atoms with E-state index in [4.69, 9.17) is 10.5 Å². The van der Waals surface area contributed by atoms with Crippen LogP contribution in [0.1, 0.15) is 35.1 Å². The maximum Gasteiger partial charge on any atom is 0.122 e. The first-order chi connectivity index (χ1) is 9.31. The van der Waals surface area contributed by atoms with Crippen molar-refractivity contribution in [3.63, 3.8) is 0 Å². The molecule has 1 aliphatic carbocycles. The average molecular weight is 253 g/mol. The van der Waals surface area contributed by atoms with E-state index in [1.807, 2.05) is 12.1 Å². The van der Waals surface area contributed by atoms with Gasteiger partial charge in [0.25, 0.3) is 0 Å². The Morgan fingerprint density at radius 1 is 1.05 bits per heavy atom. The van der Waals surface area contributed by atoms with E-state index in [9.17, 15) is 0 Å². The van der Waals surface area contributed by atoms with Gasteiger partial charge in [-0.15, -0.1) is 0 Å². The van der Waals surface area contributed by atoms with Crippen LogP contribution in [0.15, 0.2) is 48.5 Å². The molecule has 2 atom stereocenters. The molecule has 2 aromatic carbocycles. The van der Waals surface area contributed by atoms with Crippen LogP contribution >= 0.6 is 0 Å². The smallest absolute Gasteiger partial charge is 0.122 e. The van der Waals surface area contributed by atoms with Crippen LogP contribution in [0.5, 0.6) is 5.75 Å². The van der Waals surface area contributed by atoms with Gasteiger partial charge in [-0.2, -0.15) is 0 Å². The summed E-state index contributed by atoms with van der Waals surface area (Å²) in [6.45, 7) is 0. The molecule has 0 heterocycles. The highest BCUT2D eigenvalue weighted by atomic mass is 16.5. The van der Waals surface area contributed by atoms with Gasteiger partial charge < -0.3 is 10.5 Å². The van der Waals surface area contributed by atoms with Crippen LogP contribution in [0, 0.1) is 0 Å². The van der Waals surface area contributed by atoms with Gasteiger partial charge >= 0.3 is 0 Å². The SMILES string of the molecule is COc1cccc2c1CCC(c1ccccc1)C2N. The van der Waals surface area contributed by atoms with Gasteiger partial charge in [0.1, 0.15) is 5.75 Å². The molecule has 0 fully saturated rings. The van der Waals surface area contributed by atoms with E-state index in [1.165, 1.54) is 16.7 Å². The maximum absolute atomic E-state index is 6.49. The minimum Gasteiger partial charge on any atom is -0.496 e. The summed E-state index contributed by atoms with van der Waals surface area (Å²) in [5, 5.41) is 0. The fourth-order valence-corrected chi connectivity index (χ4v) is 3.12. The minimum absolute atomic E-state index is 0.0567. The summed E-state index contributed by atoms with van der Waals surface area (Å²) in [7, 11) is 1.73. The molecule has 2 N–H and O–H groups in total. The molecule has 0 radical (unpaired) electrons. The Hall–Kier alpha value is -1.80. The van der Waals surface area contributed by atoms with Crippen molar-refractivity contribution >= 4 is 0 Å². The molecule has 0 aliphatic heterocycles. The molecule has 2 aromatic rings. The molecule has 0 saturated carbocycles. The second-order valence-corrected chi connectivity index (χ2v) is 5.11. The number of methoxy groups -OCH3 is 1. The first-order valence-corrected chi connectivity index (χ1v) is 6.77. The summed E-state index contributed by atoms with van der Waals surface area (Å²) >= 11 is 0. The predicted molar refractivity (Wildman–Crippen MR) is 77.4 cm³/mol. The van der Waals surface area contributed by atoms with Crippen molar-refractivity contribution < 1.29 is 4.74 Å². The van der Waals surface area contributed by atoms with Gasteiger partial charge in [0.05, 0.1) is 7.11 Å². The molecule has 0 aromatic heterocycles. The van der Waals surface area contributed by atoms with Crippen LogP contribution in [0.4, 0.5) is 0 Å². The average Bonchev–Trinajstić information content (AvgIpc) is 2.48. The molecule has 0 amide bonds. The van der Waals surface area contributed by atoms with E-state index >= 15 is 0 Å². The topological polar surface area (TPSA) is 35.2 Å². The molecule has 19 heavy (non-hydrogen) atoms. The standard InChI is InChI=1S/C17H19NO/c1-19-16-9-5-8-15-14(16)11-10-13(17(15)18)12-6-3-2-4-7-12/h2-9,13,17H,10-11,18H2,1H3. The van der Waals surface area contributed by atoms with Gasteiger partial charge in [-0.1, -0.05) is 42.5 Å². The second-order valence-electron chi connectivity index (χ2n) is 5.11. The van der Waals surface area contributed by atoms with Gasteiger partial charge in [0, 0.05) is 12.0 Å². The third kappa shape index (κ3) is 2.13. The van der Waals surface area contributed by atoms with E-state index in [0.717, 1.165) is 18.6 Å². The summed E-state index contributed by atoms with van der Waals surface area (Å²) in [6.07, 6.45) is 2.12. The van der Waals surface area contributed by atoms with E-state index in [1.54, 1.807) is 7.11 Å². The molecule has 0 saturated heterocycles. The Morgan fingerprint density at radius 3 is 2.58 bits per heavy atom. The molecule has 2 nitrogen and oxygen atoms in total. The van der Waals surface area contributed by atoms with Crippen LogP contribution < -0.4 is 10.5 Å². The highest BCUT2D eigenvalue weighted by molar-refractivity contribution is 5.45. The molecular formula is C17H19NO. The number of nitrogens with two attached hydrogens (primary N) is 1. The molecule has 2 heteroatoms. The van der Waals surface area contributed by atoms with Crippen molar-refractivity contribution in [2.24, 2.45) is 5.73 Å². The van der Waals surface area contributed by atoms with Crippen LogP contribution in [0.25, 0.3) is 0 Å². The van der Waals surface area contributed by atoms with Crippen LogP contribution in [0.3, 0.4) is 0 Å². The maximum atomic E-state index is 6.49. The zero-order valence-electron chi connectivity index (χ0n) is 11.2. The highest BCUT2D eigenvalue weighted by Gasteiger charge is 2.29. The monoisotopic (exact) mass is 253 g/mol. The first-order valence-electron chi connectivity index (χ1n) is 6.77. The zero-order valence-corrected chi connectivity index (χ0v) is 11.2. The van der Waals surface area contributed by atoms with Gasteiger partial charge in [-0.25, -0.2) is 0 Å². The third-order valence-corrected chi connectivity index (χ3v) is 4.11. The molecule has 1 aliphatic rings. The van der Waals surface area contributed by atoms with Gasteiger partial charge in [0.2, 0.25) is 0 Å². The quantitative estimate of drug-likeness (QED) is 0.890. The lowest BCUT2D eigenvalue weighted by atomic mass is 9.76. The Kier molecular flexibility index (Phi) is 3.26. The second kappa shape index (κ2) is 5.06. The lowest BCUT2D eigenvalue weighted by Crippen LogP contribution is -2.26. The summed E-state index contributed by atoms with van der Waals surface area (Å²) in [5.74, 6) is 1.38. The van der Waals surface area contributed by atoms with Gasteiger partial charge in [-0.05, 0) is 35.6 Å². The molecule has 0 bridgehead atoms. The summed E-state index contributed by atoms with van der Waals surface area (Å²) in [4.78, 5) is 0. The van der Waals surface area contributed by atoms with E-state index < -0.39 is 0 Å². The lowest BCUT2D eigenvalue weighted by molar-refractivity contribution is 0.397. The number of benzene rings is 2. The summed E-state index contributed by atoms with van der Waals surface area (Å²) in [5.41, 5.74) is 10.3. The number of ether oxygens (including phenoxy) is 1. The van der Waals surface area contributed by atoms with Crippen molar-refractivity contribution in [1.82, 2.24) is 0 Å². The largest absolute Gasteiger partial charge is 0.496 e. The fourth-order valence-electron chi connectivity index (χ4n) is 3.12. The van der Waals surface area contributed by atoms with Crippen molar-refractivity contribution in [3.05, 3.63) is 65.2 Å². The number of rotatable bonds is 2. The number of hydrogen-bond donors (Lipinski definition) is 1. The number of fused-ring (bicyclic) bond motifs is 1. The highest BCUT2D eigenvalue weighted by Crippen LogP contribution is 2.42. The Morgan fingerprint density at radius 2 is 1.84 bits per heavy atom. The van der Waals surface area contributed by atoms with Crippen LogP contribution in [-0.4, -0.2) is 7.11 Å². The van der Waals surface area contributed by atoms with Crippen LogP contribution in [-0.2, 0) is 6.42 Å². The third-order valence-electron chi connectivity index (χ3n) is 4.11. The van der Waals surface area contributed by atoms with Crippen LogP contribution in [0.2, 0.25) is 0 Å². The molecule has 0 spiro atoms. The van der Waals surface area contributed by atoms with Crippen molar-refractivity contribution in [1.29, 1.82) is 0 Å². The van der Waals surface area contributed by atoms with Gasteiger partial charge in [-0.3, -0.25) is 0 Å². The Bertz CT molecular complexity index is 565. The Labute approximate surface area is 114 Å². The summed E-state index contributed by atoms with van der Waals surface area (Å²) in [6, 6.07) is 16.8. The van der Waals surface area contributed by atoms with Crippen molar-refractivity contribution in [2.45, 2.75) is 24.8 Å². The van der Waals surface area contributed by atoms with E-state index in [2.05, 4.69) is 36.4 Å². The predicted octanol–water partition coefficient (Wildman–Crippen LogP) is 3.43. The van der Waals surface area contributed by atoms with E-state index in [-0.39, 0.29) is 6.04 Å². The normalized spacial score (nSPS) is 21.8. The first kappa shape index (κ1) is 12.2. The molecule has 98 valence electrons. The zero-order chi connectivity index (χ0) is 13.2. The molecule has 2 unspecified atom stereocenters. The van der Waals surface area contributed by atoms with E-state index in [0.29, 0.717) is 5.92 Å². The minimum atomic E-state index is 0.0567. The van der Waals surface area contributed by atoms with Crippen molar-refractivity contribution in [2.75, 3.05) is 7.11 Å². The molecule has 3 rings (SSSR count). The van der Waals surface area contributed by atoms with Crippen molar-refractivity contribution in [3.8, 4) is 5.75 Å². The molecular weight excluding hydrogens is 234 g/mol. The lowest BCUT2D eigenvalue weighted by Gasteiger charge is -2.32. The summed E-state index contributed by atoms with van der Waals surface area (Å²) < 4.78 is 5.45. The van der Waals surface area contributed by atoms with Gasteiger partial charge in [0.15, 0.2) is 0 Å². The Balaban J connectivity index is 1.99. The number of hydrogen-bond acceptors (Lipinski definition) is 2.